The second kappa shape index (κ2) is 7.08. The molecule has 2 atom stereocenters. The third-order valence-corrected chi connectivity index (χ3v) is 5.11. The van der Waals surface area contributed by atoms with Crippen molar-refractivity contribution >= 4 is 27.7 Å². The zero-order valence-corrected chi connectivity index (χ0v) is 13.2. The maximum absolute atomic E-state index is 6.31. The molecule has 2 aromatic rings. The van der Waals surface area contributed by atoms with Crippen molar-refractivity contribution in [3.8, 4) is 0 Å². The molecule has 4 heteroatoms. The van der Waals surface area contributed by atoms with Crippen LogP contribution in [0.4, 0.5) is 0 Å². The summed E-state index contributed by atoms with van der Waals surface area (Å²) in [5, 5.41) is 0.239. The largest absolute Gasteiger partial charge is 0.326 e. The summed E-state index contributed by atoms with van der Waals surface area (Å²) in [6.45, 7) is 2.13. The smallest absolute Gasteiger partial charge is 0.0506 e. The Morgan fingerprint density at radius 2 is 1.89 bits per heavy atom. The fourth-order valence-corrected chi connectivity index (χ4v) is 3.82. The van der Waals surface area contributed by atoms with Gasteiger partial charge in [0.15, 0.2) is 0 Å². The molecule has 1 aromatic heterocycles. The summed E-state index contributed by atoms with van der Waals surface area (Å²) in [7, 11) is 0. The van der Waals surface area contributed by atoms with Gasteiger partial charge in [0.2, 0.25) is 0 Å². The van der Waals surface area contributed by atoms with E-state index < -0.39 is 0 Å². The molecule has 2 rings (SSSR count). The van der Waals surface area contributed by atoms with Crippen LogP contribution < -0.4 is 5.73 Å². The van der Waals surface area contributed by atoms with E-state index in [4.69, 9.17) is 5.73 Å². The van der Waals surface area contributed by atoms with Gasteiger partial charge in [-0.1, -0.05) is 41.1 Å². The first-order valence-electron chi connectivity index (χ1n) is 6.29. The zero-order chi connectivity index (χ0) is 13.7. The third kappa shape index (κ3) is 3.81. The minimum absolute atomic E-state index is 0.122. The quantitative estimate of drug-likeness (QED) is 0.821. The highest BCUT2D eigenvalue weighted by Gasteiger charge is 2.21. The molecule has 0 fully saturated rings. The topological polar surface area (TPSA) is 38.9 Å². The lowest BCUT2D eigenvalue weighted by Gasteiger charge is -2.24. The minimum atomic E-state index is 0.122. The number of hydrogen-bond acceptors (Lipinski definition) is 3. The van der Waals surface area contributed by atoms with Gasteiger partial charge in [0.25, 0.3) is 0 Å². The van der Waals surface area contributed by atoms with E-state index in [2.05, 4.69) is 46.0 Å². The molecule has 100 valence electrons. The van der Waals surface area contributed by atoms with E-state index in [1.807, 2.05) is 30.6 Å². The second-order valence-electron chi connectivity index (χ2n) is 4.31. The van der Waals surface area contributed by atoms with Crippen LogP contribution in [0.1, 0.15) is 24.2 Å². The lowest BCUT2D eigenvalue weighted by Crippen LogP contribution is -2.25. The van der Waals surface area contributed by atoms with Crippen molar-refractivity contribution in [2.24, 2.45) is 5.73 Å². The van der Waals surface area contributed by atoms with Gasteiger partial charge in [-0.3, -0.25) is 4.98 Å². The lowest BCUT2D eigenvalue weighted by molar-refractivity contribution is 0.633. The zero-order valence-electron chi connectivity index (χ0n) is 10.8. The lowest BCUT2D eigenvalue weighted by atomic mass is 10.0. The van der Waals surface area contributed by atoms with Crippen LogP contribution in [-0.4, -0.2) is 11.0 Å². The van der Waals surface area contributed by atoms with Crippen LogP contribution in [0.2, 0.25) is 0 Å². The first kappa shape index (κ1) is 14.6. The highest BCUT2D eigenvalue weighted by atomic mass is 79.9. The number of nitrogens with zero attached hydrogens (tertiary/aromatic N) is 1. The van der Waals surface area contributed by atoms with Crippen molar-refractivity contribution < 1.29 is 0 Å². The van der Waals surface area contributed by atoms with Gasteiger partial charge in [0, 0.05) is 27.8 Å². The highest BCUT2D eigenvalue weighted by Crippen LogP contribution is 2.40. The van der Waals surface area contributed by atoms with Crippen LogP contribution >= 0.6 is 27.7 Å². The average molecular weight is 337 g/mol. The molecule has 19 heavy (non-hydrogen) atoms. The fraction of sp³-hybridized carbons (Fsp3) is 0.267. The predicted octanol–water partition coefficient (Wildman–Crippen LogP) is 4.41. The van der Waals surface area contributed by atoms with Gasteiger partial charge < -0.3 is 5.73 Å². The Balaban J connectivity index is 2.29. The number of pyridine rings is 1. The number of hydrogen-bond donors (Lipinski definition) is 1. The van der Waals surface area contributed by atoms with Crippen molar-refractivity contribution in [3.63, 3.8) is 0 Å². The van der Waals surface area contributed by atoms with Gasteiger partial charge in [0.1, 0.15) is 0 Å². The number of rotatable bonds is 5. The molecule has 0 aliphatic rings. The maximum atomic E-state index is 6.31. The summed E-state index contributed by atoms with van der Waals surface area (Å²) in [6, 6.07) is 12.5. The molecule has 2 N–H and O–H groups in total. The minimum Gasteiger partial charge on any atom is -0.326 e. The van der Waals surface area contributed by atoms with Crippen LogP contribution in [0, 0.1) is 0 Å². The van der Waals surface area contributed by atoms with Crippen molar-refractivity contribution in [2.75, 3.05) is 0 Å². The number of nitrogens with two attached hydrogens (primary N) is 1. The molecule has 0 radical (unpaired) electrons. The van der Waals surface area contributed by atoms with E-state index in [-0.39, 0.29) is 11.3 Å². The molecule has 0 bridgehead atoms. The summed E-state index contributed by atoms with van der Waals surface area (Å²) in [6.07, 6.45) is 4.58. The number of thioether (sulfide) groups is 1. The molecule has 0 aliphatic heterocycles. The van der Waals surface area contributed by atoms with E-state index in [1.54, 1.807) is 11.8 Å². The molecular formula is C15H17BrN2S. The Labute approximate surface area is 126 Å². The Kier molecular flexibility index (Phi) is 5.43. The van der Waals surface area contributed by atoms with Gasteiger partial charge in [-0.2, -0.15) is 0 Å². The van der Waals surface area contributed by atoms with Crippen molar-refractivity contribution in [2.45, 2.75) is 29.5 Å². The standard InChI is InChI=1S/C15H17BrN2S/c1-2-14(17)15(12-5-3-4-6-13(12)16)19-11-7-9-18-10-8-11/h3-10,14-15H,2,17H2,1H3. The Hall–Kier alpha value is -0.840. The molecule has 0 amide bonds. The normalized spacial score (nSPS) is 14.1. The first-order valence-corrected chi connectivity index (χ1v) is 7.96. The molecule has 1 aromatic carbocycles. The van der Waals surface area contributed by atoms with E-state index in [0.717, 1.165) is 10.9 Å². The average Bonchev–Trinajstić information content (AvgIpc) is 2.46. The predicted molar refractivity (Wildman–Crippen MR) is 85.2 cm³/mol. The van der Waals surface area contributed by atoms with Gasteiger partial charge in [-0.15, -0.1) is 11.8 Å². The van der Waals surface area contributed by atoms with E-state index in [0.29, 0.717) is 0 Å². The summed E-state index contributed by atoms with van der Waals surface area (Å²) < 4.78 is 1.12. The molecule has 1 heterocycles. The maximum Gasteiger partial charge on any atom is 0.0506 e. The van der Waals surface area contributed by atoms with Gasteiger partial charge in [-0.05, 0) is 30.2 Å². The van der Waals surface area contributed by atoms with E-state index in [9.17, 15) is 0 Å². The molecular weight excluding hydrogens is 320 g/mol. The van der Waals surface area contributed by atoms with Gasteiger partial charge in [-0.25, -0.2) is 0 Å². The molecule has 0 aliphatic carbocycles. The summed E-state index contributed by atoms with van der Waals surface area (Å²) >= 11 is 5.42. The van der Waals surface area contributed by atoms with E-state index in [1.165, 1.54) is 10.5 Å². The molecule has 0 saturated carbocycles. The Morgan fingerprint density at radius 3 is 2.53 bits per heavy atom. The van der Waals surface area contributed by atoms with Crippen molar-refractivity contribution in [1.29, 1.82) is 0 Å². The van der Waals surface area contributed by atoms with Gasteiger partial charge >= 0.3 is 0 Å². The molecule has 2 nitrogen and oxygen atoms in total. The van der Waals surface area contributed by atoms with Crippen LogP contribution in [0.15, 0.2) is 58.2 Å². The molecule has 2 unspecified atom stereocenters. The van der Waals surface area contributed by atoms with Crippen molar-refractivity contribution in [3.05, 3.63) is 58.8 Å². The fourth-order valence-electron chi connectivity index (χ4n) is 1.86. The highest BCUT2D eigenvalue weighted by molar-refractivity contribution is 9.10. The van der Waals surface area contributed by atoms with Crippen LogP contribution in [0.25, 0.3) is 0 Å². The Morgan fingerprint density at radius 1 is 1.21 bits per heavy atom. The SMILES string of the molecule is CCC(N)C(Sc1ccncc1)c1ccccc1Br. The van der Waals surface area contributed by atoms with E-state index >= 15 is 0 Å². The van der Waals surface area contributed by atoms with Crippen LogP contribution in [-0.2, 0) is 0 Å². The van der Waals surface area contributed by atoms with Crippen LogP contribution in [0.5, 0.6) is 0 Å². The third-order valence-electron chi connectivity index (χ3n) is 2.98. The first-order chi connectivity index (χ1) is 9.22. The molecule has 0 saturated heterocycles. The second-order valence-corrected chi connectivity index (χ2v) is 6.38. The van der Waals surface area contributed by atoms with Crippen LogP contribution in [0.3, 0.4) is 0 Å². The number of benzene rings is 1. The molecule has 0 spiro atoms. The summed E-state index contributed by atoms with van der Waals surface area (Å²) in [5.41, 5.74) is 7.56. The van der Waals surface area contributed by atoms with Crippen molar-refractivity contribution in [1.82, 2.24) is 4.98 Å². The Bertz CT molecular complexity index is 519. The summed E-state index contributed by atoms with van der Waals surface area (Å²) in [4.78, 5) is 5.25. The number of aromatic nitrogens is 1. The van der Waals surface area contributed by atoms with Gasteiger partial charge in [0.05, 0.1) is 5.25 Å². The summed E-state index contributed by atoms with van der Waals surface area (Å²) in [5.74, 6) is 0. The number of halogens is 1. The monoisotopic (exact) mass is 336 g/mol.